The number of para-hydroxylation sites is 1. The zero-order valence-corrected chi connectivity index (χ0v) is 11.7. The maximum Gasteiger partial charge on any atom is 0.250 e. The van der Waals surface area contributed by atoms with E-state index in [-0.39, 0.29) is 5.56 Å². The van der Waals surface area contributed by atoms with Crippen LogP contribution in [0.2, 0.25) is 0 Å². The van der Waals surface area contributed by atoms with E-state index in [0.717, 1.165) is 12.1 Å². The van der Waals surface area contributed by atoms with Crippen LogP contribution >= 0.6 is 0 Å². The Labute approximate surface area is 119 Å². The molecular weight excluding hydrogens is 252 g/mol. The van der Waals surface area contributed by atoms with Gasteiger partial charge in [-0.1, -0.05) is 24.3 Å². The topological polar surface area (TPSA) is 43.3 Å². The number of methoxy groups -OCH3 is 1. The first-order valence-electron chi connectivity index (χ1n) is 6.77. The summed E-state index contributed by atoms with van der Waals surface area (Å²) in [5, 5.41) is 3.38. The molecule has 0 aliphatic rings. The summed E-state index contributed by atoms with van der Waals surface area (Å²) in [6.45, 7) is 2.07. The fourth-order valence-electron chi connectivity index (χ4n) is 2.08. The summed E-state index contributed by atoms with van der Waals surface area (Å²) in [6.07, 6.45) is 2.69. The van der Waals surface area contributed by atoms with Gasteiger partial charge in [0.05, 0.1) is 6.61 Å². The fourth-order valence-corrected chi connectivity index (χ4v) is 2.08. The van der Waals surface area contributed by atoms with Crippen molar-refractivity contribution in [3.8, 4) is 0 Å². The fraction of sp³-hybridized carbons (Fsp3) is 0.312. The number of anilines is 1. The Hall–Kier alpha value is -2.07. The van der Waals surface area contributed by atoms with Crippen molar-refractivity contribution in [2.75, 3.05) is 25.6 Å². The van der Waals surface area contributed by atoms with Crippen LogP contribution in [0.4, 0.5) is 5.69 Å². The first-order chi connectivity index (χ1) is 9.81. The largest absolute Gasteiger partial charge is 0.384 e. The third-order valence-electron chi connectivity index (χ3n) is 3.16. The molecule has 0 saturated carbocycles. The molecule has 2 aromatic rings. The average molecular weight is 272 g/mol. The molecular formula is C16H20N2O2. The molecule has 0 radical (unpaired) electrons. The van der Waals surface area contributed by atoms with Crippen molar-refractivity contribution in [1.29, 1.82) is 0 Å². The van der Waals surface area contributed by atoms with Gasteiger partial charge in [0.15, 0.2) is 0 Å². The van der Waals surface area contributed by atoms with E-state index >= 15 is 0 Å². The molecule has 0 aliphatic carbocycles. The van der Waals surface area contributed by atoms with Gasteiger partial charge in [-0.05, 0) is 24.1 Å². The number of hydrogen-bond acceptors (Lipinski definition) is 3. The Kier molecular flexibility index (Phi) is 5.38. The number of ether oxygens (including phenoxy) is 1. The quantitative estimate of drug-likeness (QED) is 0.840. The summed E-state index contributed by atoms with van der Waals surface area (Å²) in [7, 11) is 1.71. The van der Waals surface area contributed by atoms with Crippen LogP contribution in [-0.2, 0) is 17.7 Å². The number of rotatable bonds is 7. The van der Waals surface area contributed by atoms with Crippen molar-refractivity contribution in [3.05, 3.63) is 64.6 Å². The monoisotopic (exact) mass is 272 g/mol. The number of nitrogens with zero attached hydrogens (tertiary/aromatic N) is 1. The van der Waals surface area contributed by atoms with E-state index in [1.807, 2.05) is 18.2 Å². The molecule has 20 heavy (non-hydrogen) atoms. The first-order valence-corrected chi connectivity index (χ1v) is 6.77. The van der Waals surface area contributed by atoms with Gasteiger partial charge < -0.3 is 14.6 Å². The number of benzene rings is 1. The molecule has 0 amide bonds. The second-order valence-corrected chi connectivity index (χ2v) is 4.56. The van der Waals surface area contributed by atoms with E-state index in [0.29, 0.717) is 19.7 Å². The summed E-state index contributed by atoms with van der Waals surface area (Å²) in [6, 6.07) is 13.4. The van der Waals surface area contributed by atoms with Crippen LogP contribution in [-0.4, -0.2) is 24.8 Å². The van der Waals surface area contributed by atoms with E-state index in [1.165, 1.54) is 5.56 Å². The highest BCUT2D eigenvalue weighted by Crippen LogP contribution is 2.15. The molecule has 1 aromatic heterocycles. The van der Waals surface area contributed by atoms with Gasteiger partial charge in [0.2, 0.25) is 0 Å². The molecule has 0 atom stereocenters. The van der Waals surface area contributed by atoms with Crippen LogP contribution in [0.5, 0.6) is 0 Å². The lowest BCUT2D eigenvalue weighted by molar-refractivity contribution is 0.202. The second-order valence-electron chi connectivity index (χ2n) is 4.56. The van der Waals surface area contributed by atoms with Gasteiger partial charge in [0.1, 0.15) is 0 Å². The molecule has 4 nitrogen and oxygen atoms in total. The van der Waals surface area contributed by atoms with Crippen LogP contribution in [0.15, 0.2) is 53.5 Å². The Morgan fingerprint density at radius 3 is 2.75 bits per heavy atom. The lowest BCUT2D eigenvalue weighted by Gasteiger charge is -2.12. The molecule has 0 saturated heterocycles. The first kappa shape index (κ1) is 14.3. The van der Waals surface area contributed by atoms with Crippen LogP contribution < -0.4 is 10.9 Å². The lowest BCUT2D eigenvalue weighted by Crippen LogP contribution is -2.22. The maximum absolute atomic E-state index is 11.6. The Morgan fingerprint density at radius 2 is 1.95 bits per heavy atom. The van der Waals surface area contributed by atoms with E-state index in [4.69, 9.17) is 4.74 Å². The van der Waals surface area contributed by atoms with E-state index in [9.17, 15) is 4.79 Å². The zero-order chi connectivity index (χ0) is 14.2. The van der Waals surface area contributed by atoms with Gasteiger partial charge in [0, 0.05) is 38.1 Å². The molecule has 1 aromatic carbocycles. The molecule has 0 spiro atoms. The lowest BCUT2D eigenvalue weighted by atomic mass is 10.1. The molecule has 2 rings (SSSR count). The third-order valence-corrected chi connectivity index (χ3v) is 3.16. The number of aromatic nitrogens is 1. The summed E-state index contributed by atoms with van der Waals surface area (Å²) >= 11 is 0. The van der Waals surface area contributed by atoms with E-state index in [1.54, 1.807) is 30.0 Å². The van der Waals surface area contributed by atoms with Gasteiger partial charge >= 0.3 is 0 Å². The second kappa shape index (κ2) is 7.50. The van der Waals surface area contributed by atoms with Gasteiger partial charge in [-0.25, -0.2) is 0 Å². The number of pyridine rings is 1. The number of nitrogens with one attached hydrogen (secondary N) is 1. The minimum Gasteiger partial charge on any atom is -0.384 e. The summed E-state index contributed by atoms with van der Waals surface area (Å²) in [5.74, 6) is 0. The van der Waals surface area contributed by atoms with Gasteiger partial charge in [-0.2, -0.15) is 0 Å². The van der Waals surface area contributed by atoms with Crippen LogP contribution in [0.25, 0.3) is 0 Å². The molecule has 1 N–H and O–H groups in total. The van der Waals surface area contributed by atoms with Crippen molar-refractivity contribution in [1.82, 2.24) is 4.57 Å². The third kappa shape index (κ3) is 3.96. The summed E-state index contributed by atoms with van der Waals surface area (Å²) < 4.78 is 6.82. The molecule has 106 valence electrons. The smallest absolute Gasteiger partial charge is 0.250 e. The normalized spacial score (nSPS) is 10.4. The molecule has 0 bridgehead atoms. The molecule has 1 heterocycles. The van der Waals surface area contributed by atoms with Crippen LogP contribution in [0.1, 0.15) is 5.56 Å². The Morgan fingerprint density at radius 1 is 1.15 bits per heavy atom. The van der Waals surface area contributed by atoms with Crippen LogP contribution in [0, 0.1) is 0 Å². The molecule has 0 aliphatic heterocycles. The summed E-state index contributed by atoms with van der Waals surface area (Å²) in [4.78, 5) is 11.6. The highest BCUT2D eigenvalue weighted by atomic mass is 16.5. The van der Waals surface area contributed by atoms with Crippen molar-refractivity contribution in [2.24, 2.45) is 0 Å². The van der Waals surface area contributed by atoms with E-state index in [2.05, 4.69) is 17.4 Å². The summed E-state index contributed by atoms with van der Waals surface area (Å²) in [5.41, 5.74) is 2.37. The van der Waals surface area contributed by atoms with E-state index < -0.39 is 0 Å². The standard InChI is InChI=1S/C16H20N2O2/c1-20-13-9-14-6-2-3-7-15(14)17-10-12-18-11-5-4-8-16(18)19/h2-8,11,17H,9-10,12-13H2,1H3. The highest BCUT2D eigenvalue weighted by Gasteiger charge is 2.01. The predicted octanol–water partition coefficient (Wildman–Crippen LogP) is 2.15. The molecule has 0 fully saturated rings. The SMILES string of the molecule is COCCc1ccccc1NCCn1ccccc1=O. The van der Waals surface area contributed by atoms with Crippen molar-refractivity contribution in [2.45, 2.75) is 13.0 Å². The highest BCUT2D eigenvalue weighted by molar-refractivity contribution is 5.51. The average Bonchev–Trinajstić information content (AvgIpc) is 2.48. The van der Waals surface area contributed by atoms with Crippen molar-refractivity contribution < 1.29 is 4.74 Å². The number of hydrogen-bond donors (Lipinski definition) is 1. The molecule has 4 heteroatoms. The van der Waals surface area contributed by atoms with Gasteiger partial charge in [-0.15, -0.1) is 0 Å². The van der Waals surface area contributed by atoms with Crippen molar-refractivity contribution >= 4 is 5.69 Å². The Bertz CT molecular complexity index is 593. The Balaban J connectivity index is 1.94. The van der Waals surface area contributed by atoms with Crippen molar-refractivity contribution in [3.63, 3.8) is 0 Å². The van der Waals surface area contributed by atoms with Gasteiger partial charge in [-0.3, -0.25) is 4.79 Å². The minimum atomic E-state index is 0.0296. The zero-order valence-electron chi connectivity index (χ0n) is 11.7. The minimum absolute atomic E-state index is 0.0296. The van der Waals surface area contributed by atoms with Gasteiger partial charge in [0.25, 0.3) is 5.56 Å². The van der Waals surface area contributed by atoms with Crippen LogP contribution in [0.3, 0.4) is 0 Å². The maximum atomic E-state index is 11.6. The molecule has 0 unspecified atom stereocenters. The predicted molar refractivity (Wildman–Crippen MR) is 81.2 cm³/mol.